The highest BCUT2D eigenvalue weighted by Gasteiger charge is 2.30. The fourth-order valence-electron chi connectivity index (χ4n) is 2.86. The standard InChI is InChI=1S/C25H20ClF3N2O5/c26-18-5-11-20(12-6-18)35-19-9-3-17(4-10-19)23(33)31-22(24(34)30-13-14-32)15-16-1-7-21(8-2-16)36-25(27,28)29/h1-12,15,32H,13-14H2,(H,30,34)(H,31,33)/b22-15-. The van der Waals surface area contributed by atoms with Gasteiger partial charge in [0, 0.05) is 17.1 Å². The molecule has 0 unspecified atom stereocenters. The van der Waals surface area contributed by atoms with Crippen molar-refractivity contribution in [3.63, 3.8) is 0 Å². The minimum Gasteiger partial charge on any atom is -0.457 e. The number of alkyl halides is 3. The van der Waals surface area contributed by atoms with Crippen LogP contribution >= 0.6 is 11.6 Å². The molecule has 3 rings (SSSR count). The van der Waals surface area contributed by atoms with E-state index in [0.717, 1.165) is 12.1 Å². The quantitative estimate of drug-likeness (QED) is 0.348. The van der Waals surface area contributed by atoms with Gasteiger partial charge in [-0.2, -0.15) is 0 Å². The van der Waals surface area contributed by atoms with Gasteiger partial charge in [0.15, 0.2) is 0 Å². The predicted octanol–water partition coefficient (Wildman–Crippen LogP) is 4.91. The first-order chi connectivity index (χ1) is 17.1. The summed E-state index contributed by atoms with van der Waals surface area (Å²) in [5.74, 6) is -0.734. The van der Waals surface area contributed by atoms with Crippen LogP contribution < -0.4 is 20.1 Å². The molecule has 3 N–H and O–H groups in total. The molecule has 0 saturated heterocycles. The Kier molecular flexibility index (Phi) is 8.93. The normalized spacial score (nSPS) is 11.5. The summed E-state index contributed by atoms with van der Waals surface area (Å²) in [6.07, 6.45) is -3.56. The van der Waals surface area contributed by atoms with Gasteiger partial charge in [-0.3, -0.25) is 9.59 Å². The number of nitrogens with one attached hydrogen (secondary N) is 2. The Morgan fingerprint density at radius 2 is 1.44 bits per heavy atom. The van der Waals surface area contributed by atoms with E-state index >= 15 is 0 Å². The second-order valence-electron chi connectivity index (χ2n) is 7.19. The Balaban J connectivity index is 1.74. The lowest BCUT2D eigenvalue weighted by Crippen LogP contribution is -2.36. The van der Waals surface area contributed by atoms with Crippen molar-refractivity contribution < 1.29 is 37.3 Å². The van der Waals surface area contributed by atoms with Crippen molar-refractivity contribution in [1.29, 1.82) is 0 Å². The number of aliphatic hydroxyl groups is 1. The Morgan fingerprint density at radius 1 is 0.889 bits per heavy atom. The molecule has 0 aliphatic heterocycles. The van der Waals surface area contributed by atoms with E-state index in [2.05, 4.69) is 15.4 Å². The molecular weight excluding hydrogens is 501 g/mol. The third-order valence-corrected chi connectivity index (χ3v) is 4.73. The van der Waals surface area contributed by atoms with Crippen LogP contribution in [0.4, 0.5) is 13.2 Å². The highest BCUT2D eigenvalue weighted by Crippen LogP contribution is 2.24. The largest absolute Gasteiger partial charge is 0.573 e. The van der Waals surface area contributed by atoms with Crippen LogP contribution in [0.5, 0.6) is 17.2 Å². The lowest BCUT2D eigenvalue weighted by atomic mass is 10.1. The molecule has 0 heterocycles. The number of halogens is 4. The Hall–Kier alpha value is -4.02. The van der Waals surface area contributed by atoms with Crippen LogP contribution in [-0.4, -0.2) is 36.4 Å². The van der Waals surface area contributed by atoms with Crippen LogP contribution in [0.25, 0.3) is 6.08 Å². The molecule has 0 atom stereocenters. The summed E-state index contributed by atoms with van der Waals surface area (Å²) >= 11 is 5.85. The average Bonchev–Trinajstić information content (AvgIpc) is 2.84. The third kappa shape index (κ3) is 8.33. The number of hydrogen-bond acceptors (Lipinski definition) is 5. The highest BCUT2D eigenvalue weighted by atomic mass is 35.5. The van der Waals surface area contributed by atoms with Crippen LogP contribution in [0.2, 0.25) is 5.02 Å². The van der Waals surface area contributed by atoms with Gasteiger partial charge >= 0.3 is 6.36 Å². The summed E-state index contributed by atoms with van der Waals surface area (Å²) in [6, 6.07) is 17.6. The van der Waals surface area contributed by atoms with Crippen LogP contribution in [0.1, 0.15) is 15.9 Å². The van der Waals surface area contributed by atoms with Crippen LogP contribution in [0, 0.1) is 0 Å². The Bertz CT molecular complexity index is 1210. The number of amides is 2. The van der Waals surface area contributed by atoms with Crippen molar-refractivity contribution in [2.45, 2.75) is 6.36 Å². The van der Waals surface area contributed by atoms with E-state index in [9.17, 15) is 22.8 Å². The van der Waals surface area contributed by atoms with Crippen molar-refractivity contribution in [2.75, 3.05) is 13.2 Å². The molecule has 0 fully saturated rings. The smallest absolute Gasteiger partial charge is 0.457 e. The van der Waals surface area contributed by atoms with E-state index in [1.165, 1.54) is 30.3 Å². The second kappa shape index (κ2) is 12.1. The lowest BCUT2D eigenvalue weighted by Gasteiger charge is -2.12. The Labute approximate surface area is 209 Å². The van der Waals surface area contributed by atoms with E-state index in [0.29, 0.717) is 22.1 Å². The van der Waals surface area contributed by atoms with Crippen LogP contribution in [0.3, 0.4) is 0 Å². The van der Waals surface area contributed by atoms with E-state index < -0.39 is 23.9 Å². The molecule has 0 aliphatic carbocycles. The van der Waals surface area contributed by atoms with E-state index in [4.69, 9.17) is 21.4 Å². The van der Waals surface area contributed by atoms with Crippen molar-refractivity contribution in [3.8, 4) is 17.2 Å². The highest BCUT2D eigenvalue weighted by molar-refractivity contribution is 6.30. The predicted molar refractivity (Wildman–Crippen MR) is 127 cm³/mol. The van der Waals surface area contributed by atoms with Gasteiger partial charge in [0.1, 0.15) is 22.9 Å². The molecule has 0 saturated carbocycles. The molecule has 7 nitrogen and oxygen atoms in total. The third-order valence-electron chi connectivity index (χ3n) is 4.48. The van der Waals surface area contributed by atoms with Gasteiger partial charge in [-0.05, 0) is 72.3 Å². The molecule has 36 heavy (non-hydrogen) atoms. The monoisotopic (exact) mass is 520 g/mol. The number of ether oxygens (including phenoxy) is 2. The fraction of sp³-hybridized carbons (Fsp3) is 0.120. The minimum absolute atomic E-state index is 0.0683. The SMILES string of the molecule is O=C(NCCO)/C(=C/c1ccc(OC(F)(F)F)cc1)NC(=O)c1ccc(Oc2ccc(Cl)cc2)cc1. The molecule has 3 aromatic carbocycles. The maximum Gasteiger partial charge on any atom is 0.573 e. The van der Waals surface area contributed by atoms with Gasteiger partial charge in [-0.1, -0.05) is 23.7 Å². The van der Waals surface area contributed by atoms with Crippen LogP contribution in [0.15, 0.2) is 78.5 Å². The van der Waals surface area contributed by atoms with Gasteiger partial charge in [0.25, 0.3) is 11.8 Å². The molecule has 0 aliphatic rings. The zero-order chi connectivity index (χ0) is 26.1. The van der Waals surface area contributed by atoms with E-state index in [1.807, 2.05) is 0 Å². The van der Waals surface area contributed by atoms with Gasteiger partial charge in [-0.25, -0.2) is 0 Å². The van der Waals surface area contributed by atoms with Crippen molar-refractivity contribution in [1.82, 2.24) is 10.6 Å². The first kappa shape index (κ1) is 26.6. The summed E-state index contributed by atoms with van der Waals surface area (Å²) in [4.78, 5) is 25.3. The van der Waals surface area contributed by atoms with Gasteiger partial charge < -0.3 is 25.2 Å². The molecule has 0 bridgehead atoms. The maximum absolute atomic E-state index is 12.8. The number of rotatable bonds is 9. The molecule has 3 aromatic rings. The van der Waals surface area contributed by atoms with Crippen LogP contribution in [-0.2, 0) is 4.79 Å². The van der Waals surface area contributed by atoms with Crippen molar-refractivity contribution >= 4 is 29.5 Å². The topological polar surface area (TPSA) is 96.9 Å². The average molecular weight is 521 g/mol. The van der Waals surface area contributed by atoms with Crippen molar-refractivity contribution in [3.05, 3.63) is 94.6 Å². The molecule has 0 spiro atoms. The molecule has 0 radical (unpaired) electrons. The Morgan fingerprint density at radius 3 is 2.00 bits per heavy atom. The van der Waals surface area contributed by atoms with Gasteiger partial charge in [0.2, 0.25) is 0 Å². The number of benzene rings is 3. The van der Waals surface area contributed by atoms with Crippen molar-refractivity contribution in [2.24, 2.45) is 0 Å². The zero-order valence-electron chi connectivity index (χ0n) is 18.5. The fourth-order valence-corrected chi connectivity index (χ4v) is 2.99. The number of hydrogen-bond donors (Lipinski definition) is 3. The molecule has 11 heteroatoms. The first-order valence-corrected chi connectivity index (χ1v) is 10.8. The molecule has 188 valence electrons. The summed E-state index contributed by atoms with van der Waals surface area (Å²) in [5, 5.41) is 14.4. The summed E-state index contributed by atoms with van der Waals surface area (Å²) in [6.45, 7) is -0.396. The minimum atomic E-state index is -4.84. The zero-order valence-corrected chi connectivity index (χ0v) is 19.3. The number of aliphatic hydroxyl groups excluding tert-OH is 1. The maximum atomic E-state index is 12.8. The number of carbonyl (C=O) groups excluding carboxylic acids is 2. The summed E-state index contributed by atoms with van der Waals surface area (Å²) < 4.78 is 46.6. The molecule has 2 amide bonds. The number of carbonyl (C=O) groups is 2. The lowest BCUT2D eigenvalue weighted by molar-refractivity contribution is -0.274. The van der Waals surface area contributed by atoms with Gasteiger partial charge in [0.05, 0.1) is 6.61 Å². The van der Waals surface area contributed by atoms with Gasteiger partial charge in [-0.15, -0.1) is 13.2 Å². The summed E-state index contributed by atoms with van der Waals surface area (Å²) in [7, 11) is 0. The molecular formula is C25H20ClF3N2O5. The summed E-state index contributed by atoms with van der Waals surface area (Å²) in [5.41, 5.74) is 0.360. The van der Waals surface area contributed by atoms with E-state index in [-0.39, 0.29) is 24.4 Å². The molecule has 0 aromatic heterocycles. The van der Waals surface area contributed by atoms with E-state index in [1.54, 1.807) is 36.4 Å². The second-order valence-corrected chi connectivity index (χ2v) is 7.63. The first-order valence-electron chi connectivity index (χ1n) is 10.4.